The average Bonchev–Trinajstić information content (AvgIpc) is 3.96. The van der Waals surface area contributed by atoms with Crippen LogP contribution in [0.5, 0.6) is 0 Å². The van der Waals surface area contributed by atoms with Crippen molar-refractivity contribution in [2.75, 3.05) is 38.9 Å². The second-order valence-corrected chi connectivity index (χ2v) is 13.5. The van der Waals surface area contributed by atoms with Gasteiger partial charge < -0.3 is 49.5 Å². The van der Waals surface area contributed by atoms with E-state index in [1.54, 1.807) is 0 Å². The lowest BCUT2D eigenvalue weighted by atomic mass is 10.0. The highest BCUT2D eigenvalue weighted by molar-refractivity contribution is 8.00. The third-order valence-corrected chi connectivity index (χ3v) is 10.8. The van der Waals surface area contributed by atoms with Crippen molar-refractivity contribution in [3.05, 3.63) is 70.9 Å². The molecule has 0 aromatic carbocycles. The molecule has 5 amide bonds. The summed E-state index contributed by atoms with van der Waals surface area (Å²) < 4.78 is 20.7. The average molecular weight is 788 g/mol. The van der Waals surface area contributed by atoms with E-state index in [0.29, 0.717) is 5.57 Å². The number of nitrogens with zero attached hydrogens (tertiary/aromatic N) is 4. The molecule has 5 N–H and O–H groups in total. The summed E-state index contributed by atoms with van der Waals surface area (Å²) in [5.74, 6) is -6.38. The molecule has 2 aromatic rings. The van der Waals surface area contributed by atoms with Gasteiger partial charge >= 0.3 is 18.0 Å². The molecule has 284 valence electrons. The molecule has 0 radical (unpaired) electrons. The molecule has 21 nitrogen and oxygen atoms in total. The van der Waals surface area contributed by atoms with Crippen LogP contribution in [0.15, 0.2) is 78.5 Å². The van der Waals surface area contributed by atoms with E-state index in [0.717, 1.165) is 40.4 Å². The van der Waals surface area contributed by atoms with Crippen molar-refractivity contribution in [3.8, 4) is 0 Å². The summed E-state index contributed by atoms with van der Waals surface area (Å²) in [5.41, 5.74) is 4.23. The molecule has 0 saturated carbocycles. The van der Waals surface area contributed by atoms with Gasteiger partial charge in [-0.05, 0) is 24.3 Å². The van der Waals surface area contributed by atoms with Crippen LogP contribution in [0.4, 0.5) is 4.79 Å². The molecule has 6 rings (SSSR count). The van der Waals surface area contributed by atoms with Gasteiger partial charge in [-0.25, -0.2) is 14.4 Å². The Balaban J connectivity index is 1.36. The van der Waals surface area contributed by atoms with E-state index in [4.69, 9.17) is 33.7 Å². The lowest BCUT2D eigenvalue weighted by Crippen LogP contribution is -2.72. The molecule has 0 spiro atoms. The van der Waals surface area contributed by atoms with Crippen molar-refractivity contribution in [1.82, 2.24) is 20.4 Å². The van der Waals surface area contributed by atoms with Crippen molar-refractivity contribution in [2.45, 2.75) is 22.8 Å². The number of amides is 5. The normalized spacial score (nSPS) is 21.7. The number of nitrogens with two attached hydrogens (primary N) is 1. The maximum Gasteiger partial charge on any atom is 0.404 e. The molecule has 1 saturated heterocycles. The van der Waals surface area contributed by atoms with Gasteiger partial charge in [-0.15, -0.1) is 23.5 Å². The largest absolute Gasteiger partial charge is 0.480 e. The zero-order valence-corrected chi connectivity index (χ0v) is 29.7. The van der Waals surface area contributed by atoms with Crippen LogP contribution in [0, 0.1) is 0 Å². The molecule has 54 heavy (non-hydrogen) atoms. The zero-order chi connectivity index (χ0) is 38.7. The van der Waals surface area contributed by atoms with Crippen molar-refractivity contribution in [1.29, 1.82) is 0 Å². The third-order valence-electron chi connectivity index (χ3n) is 8.12. The number of oxime groups is 2. The number of hydrogen-bond donors (Lipinski definition) is 4. The summed E-state index contributed by atoms with van der Waals surface area (Å²) in [6.45, 7) is -0.779. The molecular formula is C31H29N7O14S2. The number of carbonyl (C=O) groups is 7. The van der Waals surface area contributed by atoms with Gasteiger partial charge in [0.1, 0.15) is 55.6 Å². The topological polar surface area (TPSA) is 284 Å². The number of β-lactam (4-membered cyclic amide) rings is 1. The summed E-state index contributed by atoms with van der Waals surface area (Å²) in [7, 11) is 2.36. The maximum atomic E-state index is 14.9. The molecule has 23 heteroatoms. The molecule has 0 aliphatic carbocycles. The molecule has 1 fully saturated rings. The minimum atomic E-state index is -1.91. The lowest BCUT2D eigenvalue weighted by molar-refractivity contribution is -0.150. The summed E-state index contributed by atoms with van der Waals surface area (Å²) in [5, 5.41) is 20.2. The van der Waals surface area contributed by atoms with Gasteiger partial charge in [0.15, 0.2) is 17.6 Å². The Morgan fingerprint density at radius 2 is 1.65 bits per heavy atom. The van der Waals surface area contributed by atoms with E-state index in [1.165, 1.54) is 43.9 Å². The number of primary amides is 1. The van der Waals surface area contributed by atoms with Gasteiger partial charge in [-0.1, -0.05) is 10.3 Å². The van der Waals surface area contributed by atoms with E-state index >= 15 is 0 Å². The van der Waals surface area contributed by atoms with Crippen LogP contribution in [0.1, 0.15) is 11.5 Å². The van der Waals surface area contributed by atoms with Crippen molar-refractivity contribution in [2.24, 2.45) is 16.0 Å². The summed E-state index contributed by atoms with van der Waals surface area (Å²) >= 11 is 2.00. The number of nitrogens with one attached hydrogen (secondary N) is 2. The van der Waals surface area contributed by atoms with Gasteiger partial charge in [0.05, 0.1) is 12.5 Å². The number of hydrogen-bond acceptors (Lipinski definition) is 17. The first-order valence-corrected chi connectivity index (χ1v) is 17.6. The molecule has 4 aliphatic heterocycles. The summed E-state index contributed by atoms with van der Waals surface area (Å²) in [6.07, 6.45) is 1.36. The number of aliphatic carboxylic acids is 1. The first kappa shape index (κ1) is 37.5. The Hall–Kier alpha value is -6.23. The van der Waals surface area contributed by atoms with Gasteiger partial charge in [0, 0.05) is 22.7 Å². The fourth-order valence-electron chi connectivity index (χ4n) is 5.81. The highest BCUT2D eigenvalue weighted by Crippen LogP contribution is 2.44. The standard InChI is InChI=1S/C31H29N7O14S2/c1-47-35-17(15-5-3-7-49-15)23(39)33-19-25(41)37-21(13(10-52-31(32)46)11-53-27(19)37)26(42)38-22-14(9-51-30(22)45)12-54-28(38)20(29(43)44)34-24(40)18(36-48-2)16-6-4-8-50-16/h3-8,19-20,27-28H,9-12H2,1-2H3,(H2,32,46)(H,33,39)(H,34,40)(H,43,44)/b35-17-,36-18-/t19-,20+,27-,28-/m1/s1. The quantitative estimate of drug-likeness (QED) is 0.0845. The predicted octanol–water partition coefficient (Wildman–Crippen LogP) is -0.695. The molecular weight excluding hydrogens is 759 g/mol. The monoisotopic (exact) mass is 787 g/mol. The van der Waals surface area contributed by atoms with Gasteiger partial charge in [-0.2, -0.15) is 0 Å². The maximum absolute atomic E-state index is 14.9. The fraction of sp³-hybridized carbons (Fsp3) is 0.323. The number of carboxylic acids is 1. The highest BCUT2D eigenvalue weighted by Gasteiger charge is 2.57. The number of furan rings is 2. The fourth-order valence-corrected chi connectivity index (χ4v) is 8.46. The van der Waals surface area contributed by atoms with E-state index < -0.39 is 76.8 Å². The van der Waals surface area contributed by atoms with Crippen LogP contribution in [0.2, 0.25) is 0 Å². The number of fused-ring (bicyclic) bond motifs is 1. The van der Waals surface area contributed by atoms with E-state index in [1.807, 2.05) is 0 Å². The van der Waals surface area contributed by atoms with Crippen LogP contribution < -0.4 is 16.4 Å². The molecule has 0 unspecified atom stereocenters. The van der Waals surface area contributed by atoms with E-state index in [9.17, 15) is 38.7 Å². The molecule has 6 heterocycles. The second kappa shape index (κ2) is 15.8. The number of cyclic esters (lactones) is 1. The highest BCUT2D eigenvalue weighted by atomic mass is 32.2. The Bertz CT molecular complexity index is 2010. The lowest BCUT2D eigenvalue weighted by Gasteiger charge is -2.51. The van der Waals surface area contributed by atoms with Crippen LogP contribution >= 0.6 is 23.5 Å². The minimum absolute atomic E-state index is 0.0271. The van der Waals surface area contributed by atoms with Crippen molar-refractivity contribution in [3.63, 3.8) is 0 Å². The minimum Gasteiger partial charge on any atom is -0.480 e. The van der Waals surface area contributed by atoms with Crippen LogP contribution in [-0.2, 0) is 47.9 Å². The van der Waals surface area contributed by atoms with E-state index in [-0.39, 0.29) is 52.3 Å². The number of carbonyl (C=O) groups excluding carboxylic acids is 6. The first-order valence-electron chi connectivity index (χ1n) is 15.5. The number of esters is 1. The smallest absolute Gasteiger partial charge is 0.404 e. The van der Waals surface area contributed by atoms with Crippen LogP contribution in [-0.4, -0.2) is 130 Å². The summed E-state index contributed by atoms with van der Waals surface area (Å²) in [4.78, 5) is 105. The Kier molecular flexibility index (Phi) is 11.0. The Morgan fingerprint density at radius 1 is 1.00 bits per heavy atom. The number of rotatable bonds is 13. The Morgan fingerprint density at radius 3 is 2.22 bits per heavy atom. The molecule has 4 aliphatic rings. The zero-order valence-electron chi connectivity index (χ0n) is 28.0. The van der Waals surface area contributed by atoms with Gasteiger partial charge in [-0.3, -0.25) is 29.0 Å². The van der Waals surface area contributed by atoms with Gasteiger partial charge in [0.2, 0.25) is 11.4 Å². The molecule has 2 aromatic heterocycles. The van der Waals surface area contributed by atoms with Gasteiger partial charge in [0.25, 0.3) is 23.6 Å². The van der Waals surface area contributed by atoms with Crippen LogP contribution in [0.25, 0.3) is 0 Å². The number of thioether (sulfide) groups is 2. The third kappa shape index (κ3) is 7.09. The molecule has 0 bridgehead atoms. The SMILES string of the molecule is CO/N=C(\C(=O)N[C@H](C(=O)O)[C@H]1SCC2=C(C(=O)OC2)N1C(=O)C1=C(COC(N)=O)CS[C@@H]2[C@H](NC(=O)/C(=N\OC)c3ccco3)C(=O)N12)c1ccco1. The van der Waals surface area contributed by atoms with Crippen molar-refractivity contribution >= 4 is 76.6 Å². The predicted molar refractivity (Wildman–Crippen MR) is 183 cm³/mol. The van der Waals surface area contributed by atoms with Crippen molar-refractivity contribution < 1.29 is 66.7 Å². The number of carboxylic acid groups (broad SMARTS) is 1. The second-order valence-electron chi connectivity index (χ2n) is 11.3. The Labute approximate surface area is 311 Å². The first-order chi connectivity index (χ1) is 26.0. The summed E-state index contributed by atoms with van der Waals surface area (Å²) in [6, 6.07) is 2.67. The molecule has 4 atom stereocenters. The van der Waals surface area contributed by atoms with E-state index in [2.05, 4.69) is 20.9 Å². The number of ether oxygens (including phenoxy) is 2. The van der Waals surface area contributed by atoms with Crippen LogP contribution in [0.3, 0.4) is 0 Å².